The highest BCUT2D eigenvalue weighted by molar-refractivity contribution is 6.39. The molecule has 2 aromatic rings. The predicted molar refractivity (Wildman–Crippen MR) is 95.5 cm³/mol. The number of carbonyl (C=O) groups is 2. The Balaban J connectivity index is 1.50. The molecule has 1 aliphatic heterocycles. The van der Waals surface area contributed by atoms with Gasteiger partial charge in [0.15, 0.2) is 11.8 Å². The fourth-order valence-electron chi connectivity index (χ4n) is 2.48. The van der Waals surface area contributed by atoms with Gasteiger partial charge in [-0.2, -0.15) is 0 Å². The molecule has 3 rings (SSSR count). The molecule has 0 fully saturated rings. The molecule has 26 heavy (non-hydrogen) atoms. The summed E-state index contributed by atoms with van der Waals surface area (Å²) < 4.78 is 5.32. The van der Waals surface area contributed by atoms with Crippen molar-refractivity contribution in [2.45, 2.75) is 19.4 Å². The molecular formula is C19H19N3O4. The molecule has 7 nitrogen and oxygen atoms in total. The standard InChI is InChI=1S/C19H19N3O4/c1-2-25-15-10-8-14(9-11-15)18(23)20-21-19(24)16-12-17(26-22-16)13-6-4-3-5-7-13/h3-11,17H,2,12H2,1H3,(H,20,23)(H,21,24). The number of rotatable bonds is 5. The van der Waals surface area contributed by atoms with Gasteiger partial charge in [-0.15, -0.1) is 0 Å². The van der Waals surface area contributed by atoms with E-state index in [-0.39, 0.29) is 11.8 Å². The summed E-state index contributed by atoms with van der Waals surface area (Å²) in [7, 11) is 0. The Bertz CT molecular complexity index is 803. The second-order valence-corrected chi connectivity index (χ2v) is 5.61. The molecular weight excluding hydrogens is 334 g/mol. The number of amides is 2. The summed E-state index contributed by atoms with van der Waals surface area (Å²) in [5.74, 6) is -0.249. The largest absolute Gasteiger partial charge is 0.494 e. The van der Waals surface area contributed by atoms with Gasteiger partial charge in [-0.3, -0.25) is 20.4 Å². The molecule has 134 valence electrons. The quantitative estimate of drug-likeness (QED) is 0.808. The summed E-state index contributed by atoms with van der Waals surface area (Å²) >= 11 is 0. The van der Waals surface area contributed by atoms with Gasteiger partial charge in [-0.25, -0.2) is 0 Å². The molecule has 0 saturated heterocycles. The summed E-state index contributed by atoms with van der Waals surface area (Å²) in [6.45, 7) is 2.43. The van der Waals surface area contributed by atoms with Gasteiger partial charge in [-0.05, 0) is 36.8 Å². The number of hydrazine groups is 1. The van der Waals surface area contributed by atoms with E-state index in [0.29, 0.717) is 24.3 Å². The van der Waals surface area contributed by atoms with Gasteiger partial charge in [0.2, 0.25) is 0 Å². The minimum Gasteiger partial charge on any atom is -0.494 e. The first kappa shape index (κ1) is 17.5. The van der Waals surface area contributed by atoms with E-state index in [4.69, 9.17) is 9.57 Å². The SMILES string of the molecule is CCOc1ccc(C(=O)NNC(=O)C2=NOC(c3ccccc3)C2)cc1. The predicted octanol–water partition coefficient (Wildman–Crippen LogP) is 2.36. The average Bonchev–Trinajstić information content (AvgIpc) is 3.18. The molecule has 0 spiro atoms. The molecule has 2 N–H and O–H groups in total. The van der Waals surface area contributed by atoms with E-state index < -0.39 is 11.8 Å². The Morgan fingerprint density at radius 3 is 2.46 bits per heavy atom. The molecule has 1 unspecified atom stereocenters. The van der Waals surface area contributed by atoms with Crippen molar-refractivity contribution in [3.05, 3.63) is 65.7 Å². The van der Waals surface area contributed by atoms with Crippen molar-refractivity contribution < 1.29 is 19.2 Å². The zero-order valence-electron chi connectivity index (χ0n) is 14.3. The number of carbonyl (C=O) groups excluding carboxylic acids is 2. The number of oxime groups is 1. The maximum atomic E-state index is 12.1. The topological polar surface area (TPSA) is 89.0 Å². The van der Waals surface area contributed by atoms with E-state index in [2.05, 4.69) is 16.0 Å². The van der Waals surface area contributed by atoms with Crippen LogP contribution < -0.4 is 15.6 Å². The molecule has 1 aliphatic rings. The molecule has 0 aliphatic carbocycles. The fraction of sp³-hybridized carbons (Fsp3) is 0.211. The Hall–Kier alpha value is -3.35. The van der Waals surface area contributed by atoms with Crippen molar-refractivity contribution in [3.8, 4) is 5.75 Å². The minimum absolute atomic E-state index is 0.228. The maximum absolute atomic E-state index is 12.1. The molecule has 0 saturated carbocycles. The smallest absolute Gasteiger partial charge is 0.287 e. The number of hydrogen-bond acceptors (Lipinski definition) is 5. The first-order chi connectivity index (χ1) is 12.7. The van der Waals surface area contributed by atoms with Crippen LogP contribution in [-0.4, -0.2) is 24.1 Å². The summed E-state index contributed by atoms with van der Waals surface area (Å²) in [6, 6.07) is 16.1. The fourth-order valence-corrected chi connectivity index (χ4v) is 2.48. The summed E-state index contributed by atoms with van der Waals surface area (Å²) in [5, 5.41) is 3.81. The van der Waals surface area contributed by atoms with Gasteiger partial charge in [0.05, 0.1) is 6.61 Å². The van der Waals surface area contributed by atoms with Crippen molar-refractivity contribution in [2.24, 2.45) is 5.16 Å². The summed E-state index contributed by atoms with van der Waals surface area (Å²) in [5.41, 5.74) is 6.29. The lowest BCUT2D eigenvalue weighted by Gasteiger charge is -2.08. The molecule has 2 amide bonds. The van der Waals surface area contributed by atoms with E-state index in [0.717, 1.165) is 5.56 Å². The third kappa shape index (κ3) is 4.18. The van der Waals surface area contributed by atoms with E-state index >= 15 is 0 Å². The summed E-state index contributed by atoms with van der Waals surface area (Å²) in [6.07, 6.45) is 0.0492. The second-order valence-electron chi connectivity index (χ2n) is 5.61. The Morgan fingerprint density at radius 2 is 1.77 bits per heavy atom. The van der Waals surface area contributed by atoms with E-state index in [1.807, 2.05) is 37.3 Å². The lowest BCUT2D eigenvalue weighted by molar-refractivity contribution is -0.115. The van der Waals surface area contributed by atoms with Crippen LogP contribution in [0.15, 0.2) is 59.8 Å². The molecule has 0 radical (unpaired) electrons. The van der Waals surface area contributed by atoms with Crippen LogP contribution in [0.4, 0.5) is 0 Å². The highest BCUT2D eigenvalue weighted by Gasteiger charge is 2.27. The average molecular weight is 353 g/mol. The van der Waals surface area contributed by atoms with Crippen LogP contribution >= 0.6 is 0 Å². The molecule has 1 heterocycles. The van der Waals surface area contributed by atoms with Crippen molar-refractivity contribution in [1.29, 1.82) is 0 Å². The molecule has 0 aromatic heterocycles. The van der Waals surface area contributed by atoms with Crippen molar-refractivity contribution in [2.75, 3.05) is 6.61 Å². The minimum atomic E-state index is -0.497. The van der Waals surface area contributed by atoms with Crippen LogP contribution in [0.5, 0.6) is 5.75 Å². The van der Waals surface area contributed by atoms with Crippen LogP contribution in [-0.2, 0) is 9.63 Å². The van der Waals surface area contributed by atoms with Gasteiger partial charge in [0.1, 0.15) is 5.75 Å². The zero-order chi connectivity index (χ0) is 18.4. The number of ether oxygens (including phenoxy) is 1. The van der Waals surface area contributed by atoms with Gasteiger partial charge < -0.3 is 9.57 Å². The summed E-state index contributed by atoms with van der Waals surface area (Å²) in [4.78, 5) is 29.5. The monoisotopic (exact) mass is 353 g/mol. The second kappa shape index (κ2) is 8.15. The number of hydrogen-bond donors (Lipinski definition) is 2. The third-order valence-corrected chi connectivity index (χ3v) is 3.82. The van der Waals surface area contributed by atoms with Gasteiger partial charge >= 0.3 is 0 Å². The van der Waals surface area contributed by atoms with Crippen LogP contribution in [0.1, 0.15) is 35.4 Å². The van der Waals surface area contributed by atoms with Gasteiger partial charge in [-0.1, -0.05) is 35.5 Å². The normalized spacial score (nSPS) is 15.6. The van der Waals surface area contributed by atoms with Crippen LogP contribution in [0.2, 0.25) is 0 Å². The van der Waals surface area contributed by atoms with Crippen molar-refractivity contribution in [3.63, 3.8) is 0 Å². The van der Waals surface area contributed by atoms with Gasteiger partial charge in [0, 0.05) is 12.0 Å². The van der Waals surface area contributed by atoms with E-state index in [1.165, 1.54) is 0 Å². The lowest BCUT2D eigenvalue weighted by atomic mass is 10.0. The number of benzene rings is 2. The number of nitrogens with zero attached hydrogens (tertiary/aromatic N) is 1. The molecule has 7 heteroatoms. The number of nitrogens with one attached hydrogen (secondary N) is 2. The maximum Gasteiger partial charge on any atom is 0.287 e. The van der Waals surface area contributed by atoms with Crippen molar-refractivity contribution in [1.82, 2.24) is 10.9 Å². The molecule has 0 bridgehead atoms. The van der Waals surface area contributed by atoms with Crippen LogP contribution in [0, 0.1) is 0 Å². The third-order valence-electron chi connectivity index (χ3n) is 3.82. The highest BCUT2D eigenvalue weighted by atomic mass is 16.6. The molecule has 1 atom stereocenters. The van der Waals surface area contributed by atoms with Crippen molar-refractivity contribution >= 4 is 17.5 Å². The Kier molecular flexibility index (Phi) is 5.48. The Labute approximate surface area is 151 Å². The van der Waals surface area contributed by atoms with Crippen LogP contribution in [0.3, 0.4) is 0 Å². The zero-order valence-corrected chi connectivity index (χ0v) is 14.3. The van der Waals surface area contributed by atoms with E-state index in [9.17, 15) is 9.59 Å². The molecule has 2 aromatic carbocycles. The van der Waals surface area contributed by atoms with Crippen LogP contribution in [0.25, 0.3) is 0 Å². The highest BCUT2D eigenvalue weighted by Crippen LogP contribution is 2.26. The lowest BCUT2D eigenvalue weighted by Crippen LogP contribution is -2.44. The van der Waals surface area contributed by atoms with E-state index in [1.54, 1.807) is 24.3 Å². The van der Waals surface area contributed by atoms with Gasteiger partial charge in [0.25, 0.3) is 11.8 Å². The first-order valence-electron chi connectivity index (χ1n) is 8.28. The Morgan fingerprint density at radius 1 is 1.08 bits per heavy atom. The first-order valence-corrected chi connectivity index (χ1v) is 8.28.